The fourth-order valence-corrected chi connectivity index (χ4v) is 5.34. The Morgan fingerprint density at radius 1 is 1.17 bits per heavy atom. The topological polar surface area (TPSA) is 84.6 Å². The van der Waals surface area contributed by atoms with Crippen LogP contribution >= 0.6 is 0 Å². The lowest BCUT2D eigenvalue weighted by atomic mass is 10.2. The Hall–Kier alpha value is -2.74. The van der Waals surface area contributed by atoms with Crippen LogP contribution in [0.2, 0.25) is 0 Å². The summed E-state index contributed by atoms with van der Waals surface area (Å²) >= 11 is 0. The molecule has 0 aliphatic carbocycles. The molecule has 7 nitrogen and oxygen atoms in total. The van der Waals surface area contributed by atoms with Gasteiger partial charge in [-0.3, -0.25) is 4.79 Å². The lowest BCUT2D eigenvalue weighted by Gasteiger charge is -2.17. The predicted octanol–water partition coefficient (Wildman–Crippen LogP) is 3.68. The minimum absolute atomic E-state index is 0.172. The molecule has 0 radical (unpaired) electrons. The molecule has 0 bridgehead atoms. The number of unbranched alkanes of at least 4 members (excludes halogenated alkanes) is 4. The van der Waals surface area contributed by atoms with Gasteiger partial charge in [0, 0.05) is 24.6 Å². The SMILES string of the molecule is CCCCCCCS(=O)(=O)c1ccc2c(c1)CCN2C(=O)c1cnn2cccnc12. The van der Waals surface area contributed by atoms with Gasteiger partial charge >= 0.3 is 0 Å². The smallest absolute Gasteiger partial charge is 0.263 e. The molecule has 158 valence electrons. The zero-order valence-electron chi connectivity index (χ0n) is 17.1. The van der Waals surface area contributed by atoms with Crippen LogP contribution in [0.15, 0.2) is 47.8 Å². The fraction of sp³-hybridized carbons (Fsp3) is 0.409. The first-order valence-electron chi connectivity index (χ1n) is 10.5. The van der Waals surface area contributed by atoms with Crippen LogP contribution in [-0.4, -0.2) is 41.2 Å². The molecule has 1 aliphatic rings. The van der Waals surface area contributed by atoms with Gasteiger partial charge in [-0.25, -0.2) is 17.9 Å². The molecule has 3 heterocycles. The van der Waals surface area contributed by atoms with E-state index in [0.29, 0.717) is 35.5 Å². The molecule has 0 atom stereocenters. The molecule has 0 unspecified atom stereocenters. The Bertz CT molecular complexity index is 1170. The number of sulfone groups is 1. The van der Waals surface area contributed by atoms with Crippen LogP contribution < -0.4 is 4.90 Å². The van der Waals surface area contributed by atoms with Crippen molar-refractivity contribution in [2.75, 3.05) is 17.2 Å². The largest absolute Gasteiger partial charge is 0.308 e. The van der Waals surface area contributed by atoms with Crippen LogP contribution in [0, 0.1) is 0 Å². The number of benzene rings is 1. The summed E-state index contributed by atoms with van der Waals surface area (Å²) in [6, 6.07) is 6.87. The second-order valence-electron chi connectivity index (χ2n) is 7.68. The van der Waals surface area contributed by atoms with Gasteiger partial charge in [0.05, 0.1) is 16.8 Å². The van der Waals surface area contributed by atoms with Crippen molar-refractivity contribution in [3.8, 4) is 0 Å². The van der Waals surface area contributed by atoms with E-state index in [1.165, 1.54) is 6.20 Å². The zero-order valence-corrected chi connectivity index (χ0v) is 17.9. The maximum Gasteiger partial charge on any atom is 0.263 e. The third kappa shape index (κ3) is 3.96. The molecule has 8 heteroatoms. The lowest BCUT2D eigenvalue weighted by Crippen LogP contribution is -2.28. The van der Waals surface area contributed by atoms with E-state index in [1.54, 1.807) is 46.1 Å². The molecule has 0 saturated heterocycles. The number of rotatable bonds is 8. The van der Waals surface area contributed by atoms with Gasteiger partial charge in [0.1, 0.15) is 5.56 Å². The van der Waals surface area contributed by atoms with Crippen molar-refractivity contribution < 1.29 is 13.2 Å². The van der Waals surface area contributed by atoms with Crippen molar-refractivity contribution in [1.29, 1.82) is 0 Å². The first kappa shape index (κ1) is 20.5. The van der Waals surface area contributed by atoms with Crippen molar-refractivity contribution in [3.63, 3.8) is 0 Å². The highest BCUT2D eigenvalue weighted by Crippen LogP contribution is 2.32. The number of hydrogen-bond acceptors (Lipinski definition) is 5. The maximum absolute atomic E-state index is 13.1. The number of nitrogens with zero attached hydrogens (tertiary/aromatic N) is 4. The minimum atomic E-state index is -3.31. The average molecular weight is 427 g/mol. The Balaban J connectivity index is 1.51. The molecule has 0 fully saturated rings. The molecule has 1 aliphatic heterocycles. The Labute approximate surface area is 176 Å². The second-order valence-corrected chi connectivity index (χ2v) is 9.79. The highest BCUT2D eigenvalue weighted by Gasteiger charge is 2.29. The van der Waals surface area contributed by atoms with Crippen LogP contribution in [-0.2, 0) is 16.3 Å². The third-order valence-electron chi connectivity index (χ3n) is 5.58. The maximum atomic E-state index is 13.1. The number of fused-ring (bicyclic) bond motifs is 2. The summed E-state index contributed by atoms with van der Waals surface area (Å²) in [5, 5.41) is 4.19. The summed E-state index contributed by atoms with van der Waals surface area (Å²) in [5.74, 6) is 0.000590. The van der Waals surface area contributed by atoms with Gasteiger partial charge in [-0.05, 0) is 42.7 Å². The van der Waals surface area contributed by atoms with Gasteiger partial charge < -0.3 is 4.90 Å². The van der Waals surface area contributed by atoms with Gasteiger partial charge in [0.25, 0.3) is 5.91 Å². The molecule has 1 amide bonds. The van der Waals surface area contributed by atoms with Gasteiger partial charge in [-0.2, -0.15) is 5.10 Å². The van der Waals surface area contributed by atoms with Gasteiger partial charge in [0.15, 0.2) is 15.5 Å². The number of anilines is 1. The van der Waals surface area contributed by atoms with Gasteiger partial charge in [-0.15, -0.1) is 0 Å². The van der Waals surface area contributed by atoms with Crippen LogP contribution in [0.25, 0.3) is 5.65 Å². The molecule has 2 aromatic heterocycles. The standard InChI is InChI=1S/C22H26N4O3S/c1-2-3-4-5-6-14-30(28,29)18-8-9-20-17(15-18)10-13-25(20)22(27)19-16-24-26-12-7-11-23-21(19)26/h7-9,11-12,15-16H,2-6,10,13-14H2,1H3. The molecule has 1 aromatic carbocycles. The van der Waals surface area contributed by atoms with E-state index in [9.17, 15) is 13.2 Å². The summed E-state index contributed by atoms with van der Waals surface area (Å²) in [4.78, 5) is 19.4. The van der Waals surface area contributed by atoms with Crippen molar-refractivity contribution in [1.82, 2.24) is 14.6 Å². The number of aromatic nitrogens is 3. The summed E-state index contributed by atoms with van der Waals surface area (Å²) in [6.45, 7) is 2.65. The van der Waals surface area contributed by atoms with E-state index in [2.05, 4.69) is 17.0 Å². The minimum Gasteiger partial charge on any atom is -0.308 e. The first-order valence-corrected chi connectivity index (χ1v) is 12.1. The Morgan fingerprint density at radius 3 is 2.83 bits per heavy atom. The van der Waals surface area contributed by atoms with Crippen LogP contribution in [0.4, 0.5) is 5.69 Å². The van der Waals surface area contributed by atoms with E-state index in [1.807, 2.05) is 0 Å². The van der Waals surface area contributed by atoms with E-state index < -0.39 is 9.84 Å². The number of amides is 1. The molecule has 3 aromatic rings. The summed E-state index contributed by atoms with van der Waals surface area (Å²) in [7, 11) is -3.31. The monoisotopic (exact) mass is 426 g/mol. The van der Waals surface area contributed by atoms with E-state index in [0.717, 1.165) is 36.9 Å². The molecule has 30 heavy (non-hydrogen) atoms. The van der Waals surface area contributed by atoms with Crippen LogP contribution in [0.1, 0.15) is 54.9 Å². The molecule has 0 spiro atoms. The van der Waals surface area contributed by atoms with Crippen LogP contribution in [0.5, 0.6) is 0 Å². The quantitative estimate of drug-likeness (QED) is 0.513. The summed E-state index contributed by atoms with van der Waals surface area (Å²) in [5.41, 5.74) is 2.60. The average Bonchev–Trinajstić information content (AvgIpc) is 3.37. The summed E-state index contributed by atoms with van der Waals surface area (Å²) < 4.78 is 27.0. The van der Waals surface area contributed by atoms with Crippen molar-refractivity contribution in [2.24, 2.45) is 0 Å². The first-order chi connectivity index (χ1) is 14.5. The molecule has 0 N–H and O–H groups in total. The van der Waals surface area contributed by atoms with Gasteiger partial charge in [0.2, 0.25) is 0 Å². The Kier molecular flexibility index (Phi) is 5.85. The molecular formula is C22H26N4O3S. The van der Waals surface area contributed by atoms with Gasteiger partial charge in [-0.1, -0.05) is 32.6 Å². The molecule has 4 rings (SSSR count). The van der Waals surface area contributed by atoms with Crippen molar-refractivity contribution in [3.05, 3.63) is 54.0 Å². The van der Waals surface area contributed by atoms with Crippen molar-refractivity contribution >= 4 is 27.1 Å². The lowest BCUT2D eigenvalue weighted by molar-refractivity contribution is 0.0990. The molecule has 0 saturated carbocycles. The zero-order chi connectivity index (χ0) is 21.1. The predicted molar refractivity (Wildman–Crippen MR) is 116 cm³/mol. The number of carbonyl (C=O) groups excluding carboxylic acids is 1. The van der Waals surface area contributed by atoms with Crippen molar-refractivity contribution in [2.45, 2.75) is 50.3 Å². The fourth-order valence-electron chi connectivity index (χ4n) is 3.92. The highest BCUT2D eigenvalue weighted by atomic mass is 32.2. The number of hydrogen-bond donors (Lipinski definition) is 0. The second kappa shape index (κ2) is 8.55. The summed E-state index contributed by atoms with van der Waals surface area (Å²) in [6.07, 6.45) is 10.5. The number of carbonyl (C=O) groups is 1. The Morgan fingerprint density at radius 2 is 2.00 bits per heavy atom. The highest BCUT2D eigenvalue weighted by molar-refractivity contribution is 7.91. The van der Waals surface area contributed by atoms with E-state index in [-0.39, 0.29) is 11.7 Å². The van der Waals surface area contributed by atoms with Crippen LogP contribution in [0.3, 0.4) is 0 Å². The normalized spacial score (nSPS) is 13.7. The van der Waals surface area contributed by atoms with E-state index in [4.69, 9.17) is 0 Å². The van der Waals surface area contributed by atoms with E-state index >= 15 is 0 Å². The molecular weight excluding hydrogens is 400 g/mol. The third-order valence-corrected chi connectivity index (χ3v) is 7.38.